The molecular weight excluding hydrogens is 432 g/mol. The second-order valence-electron chi connectivity index (χ2n) is 11.7. The fourth-order valence-electron chi connectivity index (χ4n) is 6.76. The molecule has 2 aromatic carbocycles. The first-order valence-electron chi connectivity index (χ1n) is 13.7. The highest BCUT2D eigenvalue weighted by molar-refractivity contribution is 5.94. The molecule has 2 saturated carbocycles. The molecule has 0 radical (unpaired) electrons. The van der Waals surface area contributed by atoms with E-state index in [4.69, 9.17) is 4.74 Å². The van der Waals surface area contributed by atoms with Gasteiger partial charge in [0.05, 0.1) is 7.11 Å². The van der Waals surface area contributed by atoms with E-state index in [9.17, 15) is 4.79 Å². The number of methoxy groups -OCH3 is 1. The maximum atomic E-state index is 13.8. The number of rotatable bonds is 8. The lowest BCUT2D eigenvalue weighted by Crippen LogP contribution is -2.57. The first kappa shape index (κ1) is 24.4. The highest BCUT2D eigenvalue weighted by Gasteiger charge is 2.50. The van der Waals surface area contributed by atoms with E-state index in [1.165, 1.54) is 44.3 Å². The normalized spacial score (nSPS) is 26.9. The Morgan fingerprint density at radius 3 is 2.60 bits per heavy atom. The Hall–Kier alpha value is -2.33. The third-order valence-electron chi connectivity index (χ3n) is 8.72. The number of hydrogen-bond donors (Lipinski definition) is 0. The Kier molecular flexibility index (Phi) is 7.20. The van der Waals surface area contributed by atoms with Gasteiger partial charge in [-0.05, 0) is 92.7 Å². The molecule has 5 rings (SSSR count). The van der Waals surface area contributed by atoms with E-state index < -0.39 is 0 Å². The summed E-state index contributed by atoms with van der Waals surface area (Å²) in [5.41, 5.74) is 2.32. The van der Waals surface area contributed by atoms with E-state index in [2.05, 4.69) is 47.9 Å². The van der Waals surface area contributed by atoms with Crippen LogP contribution in [0.5, 0.6) is 5.75 Å². The van der Waals surface area contributed by atoms with E-state index in [-0.39, 0.29) is 17.4 Å². The zero-order valence-corrected chi connectivity index (χ0v) is 21.8. The molecule has 1 amide bonds. The van der Waals surface area contributed by atoms with Crippen molar-refractivity contribution in [3.8, 4) is 5.75 Å². The predicted molar refractivity (Wildman–Crippen MR) is 142 cm³/mol. The molecule has 188 valence electrons. The summed E-state index contributed by atoms with van der Waals surface area (Å²) in [5, 5.41) is 0. The fraction of sp³-hybridized carbons (Fsp3) is 0.581. The van der Waals surface area contributed by atoms with Crippen LogP contribution in [0.3, 0.4) is 0 Å². The summed E-state index contributed by atoms with van der Waals surface area (Å²) < 4.78 is 5.65. The smallest absolute Gasteiger partial charge is 0.254 e. The number of piperidine rings is 1. The highest BCUT2D eigenvalue weighted by Crippen LogP contribution is 2.51. The summed E-state index contributed by atoms with van der Waals surface area (Å²) in [6, 6.07) is 19.0. The molecule has 4 nitrogen and oxygen atoms in total. The van der Waals surface area contributed by atoms with Gasteiger partial charge in [0.2, 0.25) is 0 Å². The van der Waals surface area contributed by atoms with Crippen molar-refractivity contribution in [1.29, 1.82) is 0 Å². The lowest BCUT2D eigenvalue weighted by atomic mass is 9.57. The van der Waals surface area contributed by atoms with E-state index in [0.29, 0.717) is 11.8 Å². The second-order valence-corrected chi connectivity index (χ2v) is 11.7. The molecular formula is C31H42N2O2. The van der Waals surface area contributed by atoms with E-state index in [0.717, 1.165) is 43.2 Å². The van der Waals surface area contributed by atoms with E-state index >= 15 is 0 Å². The van der Waals surface area contributed by atoms with Gasteiger partial charge in [0.15, 0.2) is 0 Å². The minimum Gasteiger partial charge on any atom is -0.497 e. The number of nitrogens with zero attached hydrogens (tertiary/aromatic N) is 2. The van der Waals surface area contributed by atoms with Crippen molar-refractivity contribution >= 4 is 5.91 Å². The summed E-state index contributed by atoms with van der Waals surface area (Å²) in [7, 11) is 1.76. The number of hydrogen-bond acceptors (Lipinski definition) is 3. The first-order chi connectivity index (χ1) is 17.0. The molecule has 3 aliphatic rings. The van der Waals surface area contributed by atoms with Crippen LogP contribution in [0.1, 0.15) is 68.3 Å². The van der Waals surface area contributed by atoms with Gasteiger partial charge in [0.1, 0.15) is 5.75 Å². The number of likely N-dealkylation sites (tertiary alicyclic amines) is 1. The van der Waals surface area contributed by atoms with Crippen LogP contribution in [-0.2, 0) is 5.41 Å². The molecule has 0 spiro atoms. The predicted octanol–water partition coefficient (Wildman–Crippen LogP) is 6.02. The number of carbonyl (C=O) groups is 1. The minimum atomic E-state index is 0.101. The van der Waals surface area contributed by atoms with Crippen LogP contribution in [0.25, 0.3) is 0 Å². The van der Waals surface area contributed by atoms with Crippen molar-refractivity contribution in [1.82, 2.24) is 9.80 Å². The molecule has 2 aromatic rings. The average Bonchev–Trinajstić information content (AvgIpc) is 3.71. The molecule has 35 heavy (non-hydrogen) atoms. The number of ether oxygens (including phenoxy) is 1. The molecule has 1 saturated heterocycles. The molecule has 1 heterocycles. The second kappa shape index (κ2) is 10.3. The highest BCUT2D eigenvalue weighted by atomic mass is 16.5. The molecule has 2 aliphatic carbocycles. The van der Waals surface area contributed by atoms with Gasteiger partial charge >= 0.3 is 0 Å². The number of carbonyl (C=O) groups excluding carboxylic acids is 1. The van der Waals surface area contributed by atoms with Crippen LogP contribution >= 0.6 is 0 Å². The molecule has 4 heteroatoms. The van der Waals surface area contributed by atoms with Gasteiger partial charge in [0, 0.05) is 36.7 Å². The van der Waals surface area contributed by atoms with Crippen molar-refractivity contribution in [3.63, 3.8) is 0 Å². The molecule has 1 aliphatic heterocycles. The van der Waals surface area contributed by atoms with Crippen LogP contribution in [0, 0.1) is 17.8 Å². The van der Waals surface area contributed by atoms with Gasteiger partial charge < -0.3 is 14.5 Å². The third-order valence-corrected chi connectivity index (χ3v) is 8.72. The van der Waals surface area contributed by atoms with Crippen LogP contribution in [0.4, 0.5) is 0 Å². The standard InChI is InChI=1S/C31H42N2O2/c1-23(2)20-33(30(34)25-8-5-4-6-9-25)28-15-14-27-22-32(21-24-12-13-24)17-16-31(27,19-28)26-10-7-11-29(18-26)35-3/h4-11,18,23-24,27-28H,12-17,19-22H2,1-3H3/t27-,28+,31+/m1/s1. The summed E-state index contributed by atoms with van der Waals surface area (Å²) in [6.45, 7) is 8.90. The molecule has 0 aromatic heterocycles. The summed E-state index contributed by atoms with van der Waals surface area (Å²) in [6.07, 6.45) is 7.32. The number of fused-ring (bicyclic) bond motifs is 1. The van der Waals surface area contributed by atoms with Crippen molar-refractivity contribution in [2.24, 2.45) is 17.8 Å². The minimum absolute atomic E-state index is 0.101. The summed E-state index contributed by atoms with van der Waals surface area (Å²) in [4.78, 5) is 18.7. The fourth-order valence-corrected chi connectivity index (χ4v) is 6.76. The topological polar surface area (TPSA) is 32.8 Å². The number of benzene rings is 2. The quantitative estimate of drug-likeness (QED) is 0.469. The Bertz CT molecular complexity index is 1000. The maximum absolute atomic E-state index is 13.8. The van der Waals surface area contributed by atoms with E-state index in [1.54, 1.807) is 7.11 Å². The lowest BCUT2D eigenvalue weighted by Gasteiger charge is -2.55. The monoisotopic (exact) mass is 474 g/mol. The summed E-state index contributed by atoms with van der Waals surface area (Å²) in [5.74, 6) is 3.13. The third kappa shape index (κ3) is 5.28. The largest absolute Gasteiger partial charge is 0.497 e. The Labute approximate surface area is 211 Å². The number of amides is 1. The summed E-state index contributed by atoms with van der Waals surface area (Å²) >= 11 is 0. The first-order valence-corrected chi connectivity index (χ1v) is 13.7. The molecule has 0 unspecified atom stereocenters. The van der Waals surface area contributed by atoms with Crippen molar-refractivity contribution < 1.29 is 9.53 Å². The Morgan fingerprint density at radius 2 is 1.89 bits per heavy atom. The molecule has 0 N–H and O–H groups in total. The Balaban J connectivity index is 1.46. The lowest BCUT2D eigenvalue weighted by molar-refractivity contribution is 0.00989. The van der Waals surface area contributed by atoms with Crippen molar-refractivity contribution in [3.05, 3.63) is 65.7 Å². The van der Waals surface area contributed by atoms with Crippen LogP contribution in [0.15, 0.2) is 54.6 Å². The van der Waals surface area contributed by atoms with Gasteiger partial charge in [-0.3, -0.25) is 4.79 Å². The van der Waals surface area contributed by atoms with Crippen LogP contribution in [-0.4, -0.2) is 55.0 Å². The Morgan fingerprint density at radius 1 is 1.09 bits per heavy atom. The zero-order chi connectivity index (χ0) is 24.4. The zero-order valence-electron chi connectivity index (χ0n) is 21.8. The van der Waals surface area contributed by atoms with Gasteiger partial charge in [-0.25, -0.2) is 0 Å². The maximum Gasteiger partial charge on any atom is 0.254 e. The van der Waals surface area contributed by atoms with E-state index in [1.807, 2.05) is 30.3 Å². The molecule has 3 atom stereocenters. The van der Waals surface area contributed by atoms with Crippen molar-refractivity contribution in [2.75, 3.05) is 33.3 Å². The van der Waals surface area contributed by atoms with Crippen LogP contribution < -0.4 is 4.74 Å². The van der Waals surface area contributed by atoms with Gasteiger partial charge in [-0.1, -0.05) is 44.2 Å². The van der Waals surface area contributed by atoms with Crippen LogP contribution in [0.2, 0.25) is 0 Å². The average molecular weight is 475 g/mol. The van der Waals surface area contributed by atoms with Gasteiger partial charge in [0.25, 0.3) is 5.91 Å². The SMILES string of the molecule is COc1cccc([C@@]23CCN(CC4CC4)C[C@H]2CC[C@H](N(CC(C)C)C(=O)c2ccccc2)C3)c1. The van der Waals surface area contributed by atoms with Crippen molar-refractivity contribution in [2.45, 2.75) is 63.8 Å². The van der Waals surface area contributed by atoms with Gasteiger partial charge in [-0.15, -0.1) is 0 Å². The molecule has 0 bridgehead atoms. The molecule has 3 fully saturated rings. The van der Waals surface area contributed by atoms with Gasteiger partial charge in [-0.2, -0.15) is 0 Å².